The molecule has 6 heteroatoms. The van der Waals surface area contributed by atoms with Crippen LogP contribution in [0.2, 0.25) is 5.02 Å². The zero-order valence-electron chi connectivity index (χ0n) is 9.93. The van der Waals surface area contributed by atoms with Gasteiger partial charge in [0.1, 0.15) is 5.01 Å². The molecule has 0 fully saturated rings. The van der Waals surface area contributed by atoms with Crippen LogP contribution < -0.4 is 0 Å². The van der Waals surface area contributed by atoms with Crippen molar-refractivity contribution >= 4 is 55.1 Å². The molecule has 100 valence electrons. The number of benzene rings is 2. The summed E-state index contributed by atoms with van der Waals surface area (Å²) in [6.45, 7) is 0. The molecule has 2 aromatic carbocycles. The van der Waals surface area contributed by atoms with E-state index in [0.29, 0.717) is 5.02 Å². The lowest BCUT2D eigenvalue weighted by atomic mass is 10.2. The molecule has 0 saturated carbocycles. The SMILES string of the molecule is O=C(O)c1ccc2nc(-c3ccc(Cl)cc3Br)sc2c1. The third-order valence-corrected chi connectivity index (χ3v) is 4.74. The Hall–Kier alpha value is -1.43. The first-order valence-corrected chi connectivity index (χ1v) is 7.62. The minimum Gasteiger partial charge on any atom is -0.478 e. The summed E-state index contributed by atoms with van der Waals surface area (Å²) in [6, 6.07) is 10.4. The third kappa shape index (κ3) is 2.44. The summed E-state index contributed by atoms with van der Waals surface area (Å²) in [5.41, 5.74) is 1.99. The standard InChI is InChI=1S/C14H7BrClNO2S/c15-10-6-8(16)2-3-9(10)13-17-11-4-1-7(14(18)19)5-12(11)20-13/h1-6H,(H,18,19). The molecule has 0 radical (unpaired) electrons. The van der Waals surface area contributed by atoms with Gasteiger partial charge in [-0.05, 0) is 36.4 Å². The summed E-state index contributed by atoms with van der Waals surface area (Å²) in [6.07, 6.45) is 0. The van der Waals surface area contributed by atoms with Gasteiger partial charge in [0.2, 0.25) is 0 Å². The molecular formula is C14H7BrClNO2S. The number of carbonyl (C=O) groups is 1. The molecule has 0 aliphatic carbocycles. The van der Waals surface area contributed by atoms with Crippen molar-refractivity contribution in [3.8, 4) is 10.6 Å². The maximum Gasteiger partial charge on any atom is 0.335 e. The average Bonchev–Trinajstić information content (AvgIpc) is 2.80. The number of halogens is 2. The van der Waals surface area contributed by atoms with E-state index < -0.39 is 5.97 Å². The van der Waals surface area contributed by atoms with Gasteiger partial charge in [-0.2, -0.15) is 0 Å². The van der Waals surface area contributed by atoms with Crippen molar-refractivity contribution in [3.63, 3.8) is 0 Å². The molecule has 1 aromatic heterocycles. The summed E-state index contributed by atoms with van der Waals surface area (Å²) in [7, 11) is 0. The first-order chi connectivity index (χ1) is 9.54. The summed E-state index contributed by atoms with van der Waals surface area (Å²) in [5.74, 6) is -0.936. The maximum atomic E-state index is 11.0. The highest BCUT2D eigenvalue weighted by Gasteiger charge is 2.11. The minimum absolute atomic E-state index is 0.267. The number of hydrogen-bond acceptors (Lipinski definition) is 3. The molecule has 0 amide bonds. The molecule has 0 bridgehead atoms. The van der Waals surface area contributed by atoms with Crippen molar-refractivity contribution in [2.75, 3.05) is 0 Å². The Labute approximate surface area is 132 Å². The molecule has 3 rings (SSSR count). The number of aromatic nitrogens is 1. The largest absolute Gasteiger partial charge is 0.478 e. The van der Waals surface area contributed by atoms with Crippen molar-refractivity contribution in [2.24, 2.45) is 0 Å². The van der Waals surface area contributed by atoms with E-state index in [9.17, 15) is 4.79 Å². The van der Waals surface area contributed by atoms with Crippen molar-refractivity contribution in [1.29, 1.82) is 0 Å². The van der Waals surface area contributed by atoms with Gasteiger partial charge in [-0.3, -0.25) is 0 Å². The van der Waals surface area contributed by atoms with Crippen LogP contribution >= 0.6 is 38.9 Å². The highest BCUT2D eigenvalue weighted by atomic mass is 79.9. The minimum atomic E-state index is -0.936. The molecule has 0 aliphatic heterocycles. The number of hydrogen-bond donors (Lipinski definition) is 1. The lowest BCUT2D eigenvalue weighted by Crippen LogP contribution is -1.94. The summed E-state index contributed by atoms with van der Waals surface area (Å²) < 4.78 is 1.71. The van der Waals surface area contributed by atoms with E-state index in [4.69, 9.17) is 16.7 Å². The Bertz CT molecular complexity index is 831. The van der Waals surface area contributed by atoms with Gasteiger partial charge in [0.15, 0.2) is 0 Å². The summed E-state index contributed by atoms with van der Waals surface area (Å²) in [4.78, 5) is 15.5. The molecule has 0 atom stereocenters. The van der Waals surface area contributed by atoms with E-state index in [1.807, 2.05) is 12.1 Å². The Balaban J connectivity index is 2.15. The van der Waals surface area contributed by atoms with Crippen molar-refractivity contribution in [1.82, 2.24) is 4.98 Å². The monoisotopic (exact) mass is 367 g/mol. The van der Waals surface area contributed by atoms with Crippen molar-refractivity contribution < 1.29 is 9.90 Å². The Morgan fingerprint density at radius 1 is 1.25 bits per heavy atom. The van der Waals surface area contributed by atoms with Gasteiger partial charge in [0.25, 0.3) is 0 Å². The van der Waals surface area contributed by atoms with E-state index in [0.717, 1.165) is 25.3 Å². The zero-order valence-corrected chi connectivity index (χ0v) is 13.1. The second-order valence-electron chi connectivity index (χ2n) is 4.13. The highest BCUT2D eigenvalue weighted by Crippen LogP contribution is 2.36. The number of thiazole rings is 1. The number of aromatic carboxylic acids is 1. The molecule has 3 nitrogen and oxygen atoms in total. The van der Waals surface area contributed by atoms with Gasteiger partial charge >= 0.3 is 5.97 Å². The second kappa shape index (κ2) is 5.16. The van der Waals surface area contributed by atoms with E-state index in [-0.39, 0.29) is 5.56 Å². The highest BCUT2D eigenvalue weighted by molar-refractivity contribution is 9.10. The van der Waals surface area contributed by atoms with Gasteiger partial charge < -0.3 is 5.11 Å². The summed E-state index contributed by atoms with van der Waals surface area (Å²) in [5, 5.41) is 10.5. The topological polar surface area (TPSA) is 50.2 Å². The average molecular weight is 369 g/mol. The van der Waals surface area contributed by atoms with Crippen LogP contribution in [0.1, 0.15) is 10.4 Å². The van der Waals surface area contributed by atoms with Crippen LogP contribution in [0.4, 0.5) is 0 Å². The lowest BCUT2D eigenvalue weighted by Gasteiger charge is -2.00. The van der Waals surface area contributed by atoms with E-state index >= 15 is 0 Å². The van der Waals surface area contributed by atoms with Gasteiger partial charge in [0, 0.05) is 15.1 Å². The smallest absolute Gasteiger partial charge is 0.335 e. The van der Waals surface area contributed by atoms with Gasteiger partial charge in [-0.1, -0.05) is 27.5 Å². The molecule has 0 spiro atoms. The lowest BCUT2D eigenvalue weighted by molar-refractivity contribution is 0.0697. The maximum absolute atomic E-state index is 11.0. The number of nitrogens with zero attached hydrogens (tertiary/aromatic N) is 1. The van der Waals surface area contributed by atoms with E-state index in [2.05, 4.69) is 20.9 Å². The summed E-state index contributed by atoms with van der Waals surface area (Å²) >= 11 is 10.8. The normalized spacial score (nSPS) is 10.9. The fourth-order valence-corrected chi connectivity index (χ4v) is 3.88. The number of carboxylic acid groups (broad SMARTS) is 1. The Kier molecular flexibility index (Phi) is 3.50. The van der Waals surface area contributed by atoms with Gasteiger partial charge in [-0.25, -0.2) is 9.78 Å². The number of carboxylic acids is 1. The molecule has 1 N–H and O–H groups in total. The van der Waals surface area contributed by atoms with Crippen molar-refractivity contribution in [2.45, 2.75) is 0 Å². The van der Waals surface area contributed by atoms with Crippen LogP contribution in [-0.4, -0.2) is 16.1 Å². The Morgan fingerprint density at radius 2 is 2.05 bits per heavy atom. The van der Waals surface area contributed by atoms with Crippen LogP contribution in [0.15, 0.2) is 40.9 Å². The van der Waals surface area contributed by atoms with Crippen LogP contribution in [0.3, 0.4) is 0 Å². The van der Waals surface area contributed by atoms with Gasteiger partial charge in [0.05, 0.1) is 15.8 Å². The third-order valence-electron chi connectivity index (χ3n) is 2.80. The van der Waals surface area contributed by atoms with Crippen molar-refractivity contribution in [3.05, 3.63) is 51.5 Å². The fraction of sp³-hybridized carbons (Fsp3) is 0. The Morgan fingerprint density at radius 3 is 2.75 bits per heavy atom. The predicted octanol–water partition coefficient (Wildman–Crippen LogP) is 5.08. The van der Waals surface area contributed by atoms with E-state index in [1.165, 1.54) is 11.3 Å². The van der Waals surface area contributed by atoms with Crippen LogP contribution in [0.25, 0.3) is 20.8 Å². The molecule has 1 heterocycles. The number of rotatable bonds is 2. The quantitative estimate of drug-likeness (QED) is 0.686. The molecule has 3 aromatic rings. The van der Waals surface area contributed by atoms with E-state index in [1.54, 1.807) is 24.3 Å². The van der Waals surface area contributed by atoms with Gasteiger partial charge in [-0.15, -0.1) is 11.3 Å². The molecule has 0 unspecified atom stereocenters. The van der Waals surface area contributed by atoms with Crippen LogP contribution in [0, 0.1) is 0 Å². The first kappa shape index (κ1) is 13.5. The molecule has 20 heavy (non-hydrogen) atoms. The van der Waals surface area contributed by atoms with Crippen LogP contribution in [0.5, 0.6) is 0 Å². The zero-order chi connectivity index (χ0) is 14.3. The first-order valence-electron chi connectivity index (χ1n) is 5.64. The fourth-order valence-electron chi connectivity index (χ4n) is 1.84. The number of fused-ring (bicyclic) bond motifs is 1. The molecule has 0 aliphatic rings. The molecular weight excluding hydrogens is 362 g/mol. The predicted molar refractivity (Wildman–Crippen MR) is 84.7 cm³/mol. The van der Waals surface area contributed by atoms with Crippen LogP contribution in [-0.2, 0) is 0 Å². The molecule has 0 saturated heterocycles. The second-order valence-corrected chi connectivity index (χ2v) is 6.45.